The van der Waals surface area contributed by atoms with E-state index in [1.165, 1.54) is 4.68 Å². The second kappa shape index (κ2) is 10.6. The van der Waals surface area contributed by atoms with Crippen LogP contribution in [0.25, 0.3) is 0 Å². The van der Waals surface area contributed by atoms with E-state index >= 15 is 0 Å². The molecule has 0 spiro atoms. The minimum absolute atomic E-state index is 0.0255. The van der Waals surface area contributed by atoms with E-state index in [2.05, 4.69) is 20.9 Å². The summed E-state index contributed by atoms with van der Waals surface area (Å²) in [4.78, 5) is 24.9. The molecule has 2 aromatic carbocycles. The molecule has 1 aromatic heterocycles. The lowest BCUT2D eigenvalue weighted by Gasteiger charge is -2.10. The number of halogens is 1. The summed E-state index contributed by atoms with van der Waals surface area (Å²) in [7, 11) is 0. The van der Waals surface area contributed by atoms with E-state index in [0.29, 0.717) is 41.7 Å². The molecule has 8 nitrogen and oxygen atoms in total. The molecule has 3 rings (SSSR count). The van der Waals surface area contributed by atoms with Crippen LogP contribution in [0, 0.1) is 6.92 Å². The standard InChI is InChI=1S/C22H24ClN5O3/c1-3-31-19-7-5-4-6-18(19)25-22(30)21-15(2)28(27-26-21)14-20(29)24-13-12-16-8-10-17(23)11-9-16/h4-11H,3,12-14H2,1-2H3,(H,24,29)(H,25,30). The van der Waals surface area contributed by atoms with Crippen LogP contribution >= 0.6 is 11.6 Å². The predicted octanol–water partition coefficient (Wildman–Crippen LogP) is 3.25. The largest absolute Gasteiger partial charge is 0.492 e. The van der Waals surface area contributed by atoms with Crippen LogP contribution in [0.5, 0.6) is 5.75 Å². The van der Waals surface area contributed by atoms with Crippen LogP contribution in [0.15, 0.2) is 48.5 Å². The van der Waals surface area contributed by atoms with Crippen molar-refractivity contribution in [2.45, 2.75) is 26.8 Å². The van der Waals surface area contributed by atoms with Crippen LogP contribution in [0.1, 0.15) is 28.7 Å². The first-order valence-corrected chi connectivity index (χ1v) is 10.3. The summed E-state index contributed by atoms with van der Waals surface area (Å²) < 4.78 is 6.93. The first-order chi connectivity index (χ1) is 15.0. The number of rotatable bonds is 9. The van der Waals surface area contributed by atoms with Crippen molar-refractivity contribution < 1.29 is 14.3 Å². The number of carbonyl (C=O) groups excluding carboxylic acids is 2. The number of para-hydroxylation sites is 2. The number of nitrogens with one attached hydrogen (secondary N) is 2. The third-order valence-corrected chi connectivity index (χ3v) is 4.83. The zero-order valence-electron chi connectivity index (χ0n) is 17.4. The summed E-state index contributed by atoms with van der Waals surface area (Å²) in [5.41, 5.74) is 2.27. The average Bonchev–Trinajstić information content (AvgIpc) is 3.11. The predicted molar refractivity (Wildman–Crippen MR) is 118 cm³/mol. The summed E-state index contributed by atoms with van der Waals surface area (Å²) >= 11 is 5.87. The fraction of sp³-hybridized carbons (Fsp3) is 0.273. The van der Waals surface area contributed by atoms with Crippen molar-refractivity contribution >= 4 is 29.1 Å². The zero-order valence-corrected chi connectivity index (χ0v) is 18.1. The summed E-state index contributed by atoms with van der Waals surface area (Å²) in [6, 6.07) is 14.6. The van der Waals surface area contributed by atoms with E-state index in [-0.39, 0.29) is 18.1 Å². The first kappa shape index (κ1) is 22.3. The third-order valence-electron chi connectivity index (χ3n) is 4.58. The molecule has 0 radical (unpaired) electrons. The average molecular weight is 442 g/mol. The van der Waals surface area contributed by atoms with E-state index < -0.39 is 5.91 Å². The van der Waals surface area contributed by atoms with E-state index in [1.54, 1.807) is 25.1 Å². The second-order valence-corrected chi connectivity index (χ2v) is 7.23. The molecule has 2 amide bonds. The van der Waals surface area contributed by atoms with Gasteiger partial charge in [-0.3, -0.25) is 9.59 Å². The summed E-state index contributed by atoms with van der Waals surface area (Å²) in [6.07, 6.45) is 0.687. The fourth-order valence-electron chi connectivity index (χ4n) is 2.94. The number of carbonyl (C=O) groups is 2. The zero-order chi connectivity index (χ0) is 22.2. The fourth-order valence-corrected chi connectivity index (χ4v) is 3.07. The van der Waals surface area contributed by atoms with Crippen LogP contribution in [-0.2, 0) is 17.8 Å². The highest BCUT2D eigenvalue weighted by Crippen LogP contribution is 2.24. The molecule has 0 aliphatic carbocycles. The number of aromatic nitrogens is 3. The molecule has 3 aromatic rings. The van der Waals surface area contributed by atoms with Gasteiger partial charge in [0.2, 0.25) is 5.91 Å². The van der Waals surface area contributed by atoms with Gasteiger partial charge >= 0.3 is 0 Å². The molecule has 0 atom stereocenters. The molecule has 0 fully saturated rings. The van der Waals surface area contributed by atoms with Crippen molar-refractivity contribution in [3.8, 4) is 5.75 Å². The lowest BCUT2D eigenvalue weighted by Crippen LogP contribution is -2.30. The van der Waals surface area contributed by atoms with Crippen molar-refractivity contribution in [3.05, 3.63) is 70.5 Å². The molecule has 0 aliphatic heterocycles. The third kappa shape index (κ3) is 6.05. The molecule has 0 saturated heterocycles. The maximum absolute atomic E-state index is 12.7. The number of nitrogens with zero attached hydrogens (tertiary/aromatic N) is 3. The van der Waals surface area contributed by atoms with Crippen molar-refractivity contribution in [2.24, 2.45) is 0 Å². The van der Waals surface area contributed by atoms with Crippen LogP contribution in [0.2, 0.25) is 5.02 Å². The second-order valence-electron chi connectivity index (χ2n) is 6.79. The van der Waals surface area contributed by atoms with Crippen molar-refractivity contribution in [2.75, 3.05) is 18.5 Å². The minimum Gasteiger partial charge on any atom is -0.492 e. The Morgan fingerprint density at radius 2 is 1.87 bits per heavy atom. The van der Waals surface area contributed by atoms with E-state index in [0.717, 1.165) is 5.56 Å². The molecule has 0 bridgehead atoms. The highest BCUT2D eigenvalue weighted by atomic mass is 35.5. The van der Waals surface area contributed by atoms with Gasteiger partial charge in [-0.1, -0.05) is 41.1 Å². The van der Waals surface area contributed by atoms with E-state index in [4.69, 9.17) is 16.3 Å². The molecular formula is C22H24ClN5O3. The topological polar surface area (TPSA) is 98.1 Å². The Morgan fingerprint density at radius 1 is 1.13 bits per heavy atom. The number of ether oxygens (including phenoxy) is 1. The van der Waals surface area contributed by atoms with Crippen molar-refractivity contribution in [1.29, 1.82) is 0 Å². The van der Waals surface area contributed by atoms with Gasteiger partial charge in [-0.2, -0.15) is 0 Å². The van der Waals surface area contributed by atoms with E-state index in [1.807, 2.05) is 37.3 Å². The van der Waals surface area contributed by atoms with Gasteiger partial charge in [-0.25, -0.2) is 4.68 Å². The lowest BCUT2D eigenvalue weighted by atomic mass is 10.1. The van der Waals surface area contributed by atoms with Crippen LogP contribution in [-0.4, -0.2) is 40.0 Å². The molecular weight excluding hydrogens is 418 g/mol. The maximum Gasteiger partial charge on any atom is 0.278 e. The van der Waals surface area contributed by atoms with Gasteiger partial charge in [0.15, 0.2) is 5.69 Å². The Balaban J connectivity index is 1.56. The Labute approximate surface area is 185 Å². The van der Waals surface area contributed by atoms with Gasteiger partial charge in [0.05, 0.1) is 18.0 Å². The van der Waals surface area contributed by atoms with Crippen molar-refractivity contribution in [3.63, 3.8) is 0 Å². The molecule has 0 unspecified atom stereocenters. The number of anilines is 1. The van der Waals surface area contributed by atoms with Gasteiger partial charge in [-0.15, -0.1) is 5.10 Å². The Bertz CT molecular complexity index is 1050. The SMILES string of the molecule is CCOc1ccccc1NC(=O)c1nnn(CC(=O)NCCc2ccc(Cl)cc2)c1C. The van der Waals surface area contributed by atoms with Gasteiger partial charge in [0.1, 0.15) is 12.3 Å². The molecule has 1 heterocycles. The normalized spacial score (nSPS) is 10.5. The minimum atomic E-state index is -0.418. The van der Waals surface area contributed by atoms with Crippen LogP contribution < -0.4 is 15.4 Å². The summed E-state index contributed by atoms with van der Waals surface area (Å²) in [5.74, 6) is -0.0573. The molecule has 31 heavy (non-hydrogen) atoms. The molecule has 0 aliphatic rings. The highest BCUT2D eigenvalue weighted by molar-refractivity contribution is 6.30. The van der Waals surface area contributed by atoms with Gasteiger partial charge in [0, 0.05) is 11.6 Å². The summed E-state index contributed by atoms with van der Waals surface area (Å²) in [6.45, 7) is 4.51. The quantitative estimate of drug-likeness (QED) is 0.531. The molecule has 2 N–H and O–H groups in total. The summed E-state index contributed by atoms with van der Waals surface area (Å²) in [5, 5.41) is 14.2. The number of hydrogen-bond donors (Lipinski definition) is 2. The van der Waals surface area contributed by atoms with Gasteiger partial charge < -0.3 is 15.4 Å². The number of hydrogen-bond acceptors (Lipinski definition) is 5. The van der Waals surface area contributed by atoms with Crippen molar-refractivity contribution in [1.82, 2.24) is 20.3 Å². The number of amides is 2. The lowest BCUT2D eigenvalue weighted by molar-refractivity contribution is -0.121. The molecule has 0 saturated carbocycles. The Kier molecular flexibility index (Phi) is 7.61. The Hall–Kier alpha value is -3.39. The van der Waals surface area contributed by atoms with Crippen LogP contribution in [0.4, 0.5) is 5.69 Å². The van der Waals surface area contributed by atoms with Crippen LogP contribution in [0.3, 0.4) is 0 Å². The monoisotopic (exact) mass is 441 g/mol. The van der Waals surface area contributed by atoms with Gasteiger partial charge in [-0.05, 0) is 50.1 Å². The van der Waals surface area contributed by atoms with Gasteiger partial charge in [0.25, 0.3) is 5.91 Å². The maximum atomic E-state index is 12.7. The molecule has 162 valence electrons. The highest BCUT2D eigenvalue weighted by Gasteiger charge is 2.19. The Morgan fingerprint density at radius 3 is 2.61 bits per heavy atom. The smallest absolute Gasteiger partial charge is 0.278 e. The number of benzene rings is 2. The molecule has 9 heteroatoms. The van der Waals surface area contributed by atoms with E-state index in [9.17, 15) is 9.59 Å². The first-order valence-electron chi connectivity index (χ1n) is 9.92.